The van der Waals surface area contributed by atoms with Crippen molar-refractivity contribution in [1.82, 2.24) is 5.16 Å². The van der Waals surface area contributed by atoms with Gasteiger partial charge in [-0.25, -0.2) is 4.79 Å². The van der Waals surface area contributed by atoms with Crippen LogP contribution in [0.3, 0.4) is 0 Å². The van der Waals surface area contributed by atoms with Crippen LogP contribution in [0.2, 0.25) is 0 Å². The van der Waals surface area contributed by atoms with Crippen molar-refractivity contribution in [2.75, 3.05) is 0 Å². The van der Waals surface area contributed by atoms with Crippen LogP contribution in [0.15, 0.2) is 83.4 Å². The van der Waals surface area contributed by atoms with Gasteiger partial charge in [0.05, 0.1) is 5.56 Å². The molecule has 1 aromatic heterocycles. The van der Waals surface area contributed by atoms with Gasteiger partial charge in [-0.1, -0.05) is 65.8 Å². The molecule has 0 fully saturated rings. The van der Waals surface area contributed by atoms with Crippen LogP contribution in [0.5, 0.6) is 5.75 Å². The highest BCUT2D eigenvalue weighted by molar-refractivity contribution is 5.98. The highest BCUT2D eigenvalue weighted by atomic mass is 16.5. The van der Waals surface area contributed by atoms with Crippen molar-refractivity contribution in [3.8, 4) is 39.3 Å². The standard InChI is InChI=1S/C22H15NO4/c24-18-11-5-9-16(13-18)15-8-4-10-17(12-15)19-20(22(25)26)23-27-21(19)14-6-2-1-3-7-14/h1-13,24H,(H,25,26). The van der Waals surface area contributed by atoms with E-state index in [1.807, 2.05) is 60.7 Å². The first kappa shape index (κ1) is 16.6. The van der Waals surface area contributed by atoms with E-state index in [9.17, 15) is 15.0 Å². The number of carboxylic acids is 1. The number of nitrogens with zero attached hydrogens (tertiary/aromatic N) is 1. The Morgan fingerprint density at radius 1 is 0.778 bits per heavy atom. The minimum absolute atomic E-state index is 0.137. The van der Waals surface area contributed by atoms with Crippen LogP contribution in [0.1, 0.15) is 10.5 Å². The molecule has 0 bridgehead atoms. The zero-order valence-electron chi connectivity index (χ0n) is 14.2. The quantitative estimate of drug-likeness (QED) is 0.532. The van der Waals surface area contributed by atoms with Crippen molar-refractivity contribution in [3.05, 3.63) is 84.6 Å². The number of hydrogen-bond acceptors (Lipinski definition) is 4. The van der Waals surface area contributed by atoms with Gasteiger partial charge in [-0.05, 0) is 34.9 Å². The molecule has 0 saturated heterocycles. The summed E-state index contributed by atoms with van der Waals surface area (Å²) in [6.45, 7) is 0. The van der Waals surface area contributed by atoms with E-state index in [0.29, 0.717) is 16.9 Å². The van der Waals surface area contributed by atoms with Crippen molar-refractivity contribution in [3.63, 3.8) is 0 Å². The first-order valence-corrected chi connectivity index (χ1v) is 8.32. The van der Waals surface area contributed by atoms with Crippen LogP contribution in [0.4, 0.5) is 0 Å². The fourth-order valence-corrected chi connectivity index (χ4v) is 3.03. The second-order valence-corrected chi connectivity index (χ2v) is 6.04. The zero-order chi connectivity index (χ0) is 18.8. The number of benzene rings is 3. The normalized spacial score (nSPS) is 10.7. The minimum atomic E-state index is -1.15. The summed E-state index contributed by atoms with van der Waals surface area (Å²) in [5, 5.41) is 23.1. The minimum Gasteiger partial charge on any atom is -0.508 e. The number of phenolic OH excluding ortho intramolecular Hbond substituents is 1. The van der Waals surface area contributed by atoms with E-state index in [1.165, 1.54) is 0 Å². The molecule has 3 aromatic carbocycles. The highest BCUT2D eigenvalue weighted by Gasteiger charge is 2.24. The summed E-state index contributed by atoms with van der Waals surface area (Å²) in [4.78, 5) is 11.7. The third-order valence-electron chi connectivity index (χ3n) is 4.26. The van der Waals surface area contributed by atoms with Crippen molar-refractivity contribution in [2.45, 2.75) is 0 Å². The summed E-state index contributed by atoms with van der Waals surface area (Å²) >= 11 is 0. The summed E-state index contributed by atoms with van der Waals surface area (Å²) < 4.78 is 5.39. The molecule has 2 N–H and O–H groups in total. The molecule has 0 aliphatic carbocycles. The number of phenols is 1. The van der Waals surface area contributed by atoms with Gasteiger partial charge in [0.1, 0.15) is 5.75 Å². The molecule has 132 valence electrons. The summed E-state index contributed by atoms with van der Waals surface area (Å²) in [6.07, 6.45) is 0. The molecule has 0 radical (unpaired) electrons. The SMILES string of the molecule is O=C(O)c1noc(-c2ccccc2)c1-c1cccc(-c2cccc(O)c2)c1. The Balaban J connectivity index is 1.90. The molecule has 1 heterocycles. The van der Waals surface area contributed by atoms with Crippen LogP contribution < -0.4 is 0 Å². The molecule has 5 nitrogen and oxygen atoms in total. The van der Waals surface area contributed by atoms with Crippen molar-refractivity contribution in [2.24, 2.45) is 0 Å². The summed E-state index contributed by atoms with van der Waals surface area (Å²) in [7, 11) is 0. The summed E-state index contributed by atoms with van der Waals surface area (Å²) in [5.74, 6) is -0.584. The third kappa shape index (κ3) is 3.18. The lowest BCUT2D eigenvalue weighted by molar-refractivity contribution is 0.0686. The Morgan fingerprint density at radius 2 is 1.41 bits per heavy atom. The second kappa shape index (κ2) is 6.80. The van der Waals surface area contributed by atoms with Gasteiger partial charge in [0.25, 0.3) is 0 Å². The number of aromatic hydroxyl groups is 1. The van der Waals surface area contributed by atoms with Crippen LogP contribution in [0.25, 0.3) is 33.6 Å². The maximum atomic E-state index is 11.7. The average Bonchev–Trinajstić information content (AvgIpc) is 3.14. The Hall–Kier alpha value is -3.86. The van der Waals surface area contributed by atoms with E-state index >= 15 is 0 Å². The number of carboxylic acid groups (broad SMARTS) is 1. The second-order valence-electron chi connectivity index (χ2n) is 6.04. The number of aromatic carboxylic acids is 1. The summed E-state index contributed by atoms with van der Waals surface area (Å²) in [5.41, 5.74) is 3.38. The predicted octanol–water partition coefficient (Wildman–Crippen LogP) is 5.08. The molecule has 0 spiro atoms. The number of rotatable bonds is 4. The Labute approximate surface area is 155 Å². The lowest BCUT2D eigenvalue weighted by Gasteiger charge is -2.07. The fourth-order valence-electron chi connectivity index (χ4n) is 3.03. The van der Waals surface area contributed by atoms with Gasteiger partial charge in [0, 0.05) is 5.56 Å². The molecular weight excluding hydrogens is 342 g/mol. The van der Waals surface area contributed by atoms with Gasteiger partial charge in [0.15, 0.2) is 11.5 Å². The van der Waals surface area contributed by atoms with Crippen molar-refractivity contribution < 1.29 is 19.5 Å². The largest absolute Gasteiger partial charge is 0.508 e. The van der Waals surface area contributed by atoms with Gasteiger partial charge in [-0.3, -0.25) is 0 Å². The van der Waals surface area contributed by atoms with Crippen LogP contribution in [-0.2, 0) is 0 Å². The maximum absolute atomic E-state index is 11.7. The highest BCUT2D eigenvalue weighted by Crippen LogP contribution is 2.37. The molecule has 0 aliphatic heterocycles. The van der Waals surface area contributed by atoms with Gasteiger partial charge in [-0.2, -0.15) is 0 Å². The molecule has 0 aliphatic rings. The molecule has 5 heteroatoms. The molecule has 4 aromatic rings. The first-order chi connectivity index (χ1) is 13.1. The Morgan fingerprint density at radius 3 is 2.11 bits per heavy atom. The third-order valence-corrected chi connectivity index (χ3v) is 4.26. The van der Waals surface area contributed by atoms with E-state index < -0.39 is 5.97 Å². The van der Waals surface area contributed by atoms with Crippen LogP contribution >= 0.6 is 0 Å². The van der Waals surface area contributed by atoms with Crippen molar-refractivity contribution in [1.29, 1.82) is 0 Å². The topological polar surface area (TPSA) is 83.6 Å². The van der Waals surface area contributed by atoms with Gasteiger partial charge in [-0.15, -0.1) is 0 Å². The zero-order valence-corrected chi connectivity index (χ0v) is 14.2. The monoisotopic (exact) mass is 357 g/mol. The van der Waals surface area contributed by atoms with E-state index in [1.54, 1.807) is 18.2 Å². The molecular formula is C22H15NO4. The predicted molar refractivity (Wildman–Crippen MR) is 101 cm³/mol. The van der Waals surface area contributed by atoms with Gasteiger partial charge >= 0.3 is 5.97 Å². The van der Waals surface area contributed by atoms with Crippen LogP contribution in [-0.4, -0.2) is 21.3 Å². The first-order valence-electron chi connectivity index (χ1n) is 8.32. The number of carbonyl (C=O) groups is 1. The van der Waals surface area contributed by atoms with Gasteiger partial charge < -0.3 is 14.7 Å². The molecule has 0 saturated carbocycles. The smallest absolute Gasteiger partial charge is 0.358 e. The molecule has 27 heavy (non-hydrogen) atoms. The van der Waals surface area contributed by atoms with Gasteiger partial charge in [0.2, 0.25) is 0 Å². The van der Waals surface area contributed by atoms with E-state index in [0.717, 1.165) is 16.7 Å². The van der Waals surface area contributed by atoms with Crippen molar-refractivity contribution >= 4 is 5.97 Å². The Bertz CT molecular complexity index is 1120. The average molecular weight is 357 g/mol. The lowest BCUT2D eigenvalue weighted by Crippen LogP contribution is -1.99. The fraction of sp³-hybridized carbons (Fsp3) is 0. The molecule has 0 atom stereocenters. The Kier molecular flexibility index (Phi) is 4.18. The van der Waals surface area contributed by atoms with E-state index in [2.05, 4.69) is 5.16 Å². The van der Waals surface area contributed by atoms with Crippen LogP contribution in [0, 0.1) is 0 Å². The lowest BCUT2D eigenvalue weighted by atomic mass is 9.96. The number of hydrogen-bond donors (Lipinski definition) is 2. The molecule has 0 unspecified atom stereocenters. The summed E-state index contributed by atoms with van der Waals surface area (Å²) in [6, 6.07) is 23.6. The maximum Gasteiger partial charge on any atom is 0.358 e. The molecule has 0 amide bonds. The van der Waals surface area contributed by atoms with E-state index in [-0.39, 0.29) is 11.4 Å². The molecule has 4 rings (SSSR count). The number of aromatic nitrogens is 1. The van der Waals surface area contributed by atoms with E-state index in [4.69, 9.17) is 4.52 Å².